The van der Waals surface area contributed by atoms with Gasteiger partial charge in [0.1, 0.15) is 5.82 Å². The maximum Gasteiger partial charge on any atom is 0.261 e. The Kier molecular flexibility index (Phi) is 3.55. The first-order valence-electron chi connectivity index (χ1n) is 6.74. The van der Waals surface area contributed by atoms with Crippen molar-refractivity contribution in [3.05, 3.63) is 39.7 Å². The van der Waals surface area contributed by atoms with Crippen molar-refractivity contribution in [1.29, 1.82) is 0 Å². The van der Waals surface area contributed by atoms with Crippen molar-refractivity contribution in [2.75, 3.05) is 4.90 Å². The summed E-state index contributed by atoms with van der Waals surface area (Å²) in [4.78, 5) is 25.6. The number of benzene rings is 1. The van der Waals surface area contributed by atoms with Crippen LogP contribution in [0.2, 0.25) is 5.02 Å². The fourth-order valence-corrected chi connectivity index (χ4v) is 3.04. The summed E-state index contributed by atoms with van der Waals surface area (Å²) in [6.45, 7) is -0.393. The Morgan fingerprint density at radius 1 is 1.14 bits per heavy atom. The maximum atomic E-state index is 14.1. The maximum absolute atomic E-state index is 14.1. The molecule has 0 saturated heterocycles. The normalized spacial score (nSPS) is 18.5. The minimum absolute atomic E-state index is 0.0653. The molecule has 1 aliphatic carbocycles. The largest absolute Gasteiger partial charge is 0.392 e. The number of rotatable bonds is 2. The number of imide groups is 1. The molecular formula is C15H13ClFNO3. The van der Waals surface area contributed by atoms with E-state index in [0.29, 0.717) is 24.0 Å². The van der Waals surface area contributed by atoms with E-state index in [4.69, 9.17) is 11.6 Å². The van der Waals surface area contributed by atoms with E-state index in [0.717, 1.165) is 23.8 Å². The number of halogens is 2. The molecule has 21 heavy (non-hydrogen) atoms. The second-order valence-corrected chi connectivity index (χ2v) is 5.57. The zero-order valence-electron chi connectivity index (χ0n) is 11.2. The van der Waals surface area contributed by atoms with E-state index < -0.39 is 24.2 Å². The first-order chi connectivity index (χ1) is 10.0. The molecule has 3 rings (SSSR count). The molecule has 2 amide bonds. The van der Waals surface area contributed by atoms with E-state index in [-0.39, 0.29) is 16.3 Å². The number of hydrogen-bond donors (Lipinski definition) is 1. The fourth-order valence-electron chi connectivity index (χ4n) is 2.83. The monoisotopic (exact) mass is 309 g/mol. The van der Waals surface area contributed by atoms with Gasteiger partial charge in [0, 0.05) is 16.2 Å². The first-order valence-corrected chi connectivity index (χ1v) is 7.12. The van der Waals surface area contributed by atoms with Gasteiger partial charge in [0.2, 0.25) is 0 Å². The molecule has 1 heterocycles. The SMILES string of the molecule is O=C1C2=C(CCCC2)C(=O)N1c1cc(CO)c(Cl)cc1F. The lowest BCUT2D eigenvalue weighted by Crippen LogP contribution is -2.32. The lowest BCUT2D eigenvalue weighted by molar-refractivity contribution is -0.120. The zero-order chi connectivity index (χ0) is 15.1. The van der Waals surface area contributed by atoms with Crippen molar-refractivity contribution in [3.63, 3.8) is 0 Å². The molecule has 0 spiro atoms. The molecule has 1 aliphatic heterocycles. The quantitative estimate of drug-likeness (QED) is 0.855. The predicted octanol–water partition coefficient (Wildman–Crippen LogP) is 2.72. The van der Waals surface area contributed by atoms with E-state index in [1.54, 1.807) is 0 Å². The van der Waals surface area contributed by atoms with Crippen molar-refractivity contribution < 1.29 is 19.1 Å². The number of aliphatic hydroxyl groups is 1. The average Bonchev–Trinajstić information content (AvgIpc) is 2.72. The highest BCUT2D eigenvalue weighted by Gasteiger charge is 2.40. The van der Waals surface area contributed by atoms with E-state index >= 15 is 0 Å². The third-order valence-corrected chi connectivity index (χ3v) is 4.27. The molecule has 0 aromatic heterocycles. The molecule has 4 nitrogen and oxygen atoms in total. The molecule has 1 aromatic carbocycles. The van der Waals surface area contributed by atoms with Gasteiger partial charge in [-0.15, -0.1) is 0 Å². The highest BCUT2D eigenvalue weighted by Crippen LogP contribution is 2.37. The van der Waals surface area contributed by atoms with Crippen LogP contribution in [0, 0.1) is 5.82 Å². The summed E-state index contributed by atoms with van der Waals surface area (Å²) in [6, 6.07) is 2.27. The van der Waals surface area contributed by atoms with Crippen LogP contribution in [0.1, 0.15) is 31.2 Å². The van der Waals surface area contributed by atoms with Crippen LogP contribution in [0.15, 0.2) is 23.3 Å². The number of aliphatic hydroxyl groups excluding tert-OH is 1. The van der Waals surface area contributed by atoms with Gasteiger partial charge in [-0.1, -0.05) is 11.6 Å². The molecule has 0 bridgehead atoms. The number of carbonyl (C=O) groups excluding carboxylic acids is 2. The van der Waals surface area contributed by atoms with E-state index in [2.05, 4.69) is 0 Å². The van der Waals surface area contributed by atoms with Gasteiger partial charge >= 0.3 is 0 Å². The van der Waals surface area contributed by atoms with Crippen molar-refractivity contribution in [2.45, 2.75) is 32.3 Å². The first kappa shape index (κ1) is 14.2. The van der Waals surface area contributed by atoms with Crippen LogP contribution in [0.5, 0.6) is 0 Å². The Balaban J connectivity index is 2.06. The van der Waals surface area contributed by atoms with Crippen molar-refractivity contribution >= 4 is 29.1 Å². The molecule has 110 valence electrons. The molecule has 1 N–H and O–H groups in total. The summed E-state index contributed by atoms with van der Waals surface area (Å²) in [5.41, 5.74) is 1.11. The molecule has 0 fully saturated rings. The second kappa shape index (κ2) is 5.24. The molecule has 6 heteroatoms. The van der Waals surface area contributed by atoms with Crippen LogP contribution in [0.4, 0.5) is 10.1 Å². The molecule has 0 radical (unpaired) electrons. The summed E-state index contributed by atoms with van der Waals surface area (Å²) in [6.07, 6.45) is 2.82. The van der Waals surface area contributed by atoms with Crippen LogP contribution in [-0.2, 0) is 16.2 Å². The molecule has 0 saturated carbocycles. The number of carbonyl (C=O) groups is 2. The second-order valence-electron chi connectivity index (χ2n) is 5.16. The molecule has 2 aliphatic rings. The Bertz CT molecular complexity index is 656. The highest BCUT2D eigenvalue weighted by atomic mass is 35.5. The average molecular weight is 310 g/mol. The van der Waals surface area contributed by atoms with E-state index in [1.165, 1.54) is 6.07 Å². The van der Waals surface area contributed by atoms with Gasteiger partial charge in [-0.05, 0) is 43.4 Å². The minimum atomic E-state index is -0.751. The van der Waals surface area contributed by atoms with Gasteiger partial charge in [0.25, 0.3) is 11.8 Å². The van der Waals surface area contributed by atoms with Crippen molar-refractivity contribution in [3.8, 4) is 0 Å². The van der Waals surface area contributed by atoms with Gasteiger partial charge in [-0.25, -0.2) is 9.29 Å². The molecule has 1 aromatic rings. The lowest BCUT2D eigenvalue weighted by atomic mass is 9.93. The Labute approximate surface area is 125 Å². The van der Waals surface area contributed by atoms with Gasteiger partial charge in [0.15, 0.2) is 0 Å². The van der Waals surface area contributed by atoms with Gasteiger partial charge in [-0.3, -0.25) is 9.59 Å². The van der Waals surface area contributed by atoms with Crippen LogP contribution in [-0.4, -0.2) is 16.9 Å². The summed E-state index contributed by atoms with van der Waals surface area (Å²) in [5.74, 6) is -1.67. The number of nitrogens with zero attached hydrogens (tertiary/aromatic N) is 1. The van der Waals surface area contributed by atoms with Crippen LogP contribution in [0.25, 0.3) is 0 Å². The summed E-state index contributed by atoms with van der Waals surface area (Å²) in [5, 5.41) is 9.27. The third kappa shape index (κ3) is 2.17. The standard InChI is InChI=1S/C15H13ClFNO3/c16-11-6-12(17)13(5-8(11)7-19)18-14(20)9-3-1-2-4-10(9)15(18)21/h5-6,19H,1-4,7H2. The smallest absolute Gasteiger partial charge is 0.261 e. The topological polar surface area (TPSA) is 57.6 Å². The van der Waals surface area contributed by atoms with Crippen LogP contribution < -0.4 is 4.90 Å². The summed E-state index contributed by atoms with van der Waals surface area (Å²) in [7, 11) is 0. The number of hydrogen-bond acceptors (Lipinski definition) is 3. The molecular weight excluding hydrogens is 297 g/mol. The number of anilines is 1. The Morgan fingerprint density at radius 2 is 1.71 bits per heavy atom. The Hall–Kier alpha value is -1.72. The fraction of sp³-hybridized carbons (Fsp3) is 0.333. The van der Waals surface area contributed by atoms with E-state index in [1.807, 2.05) is 0 Å². The van der Waals surface area contributed by atoms with Crippen molar-refractivity contribution in [1.82, 2.24) is 0 Å². The van der Waals surface area contributed by atoms with Crippen molar-refractivity contribution in [2.24, 2.45) is 0 Å². The summed E-state index contributed by atoms with van der Waals surface area (Å²) >= 11 is 5.80. The third-order valence-electron chi connectivity index (χ3n) is 3.92. The zero-order valence-corrected chi connectivity index (χ0v) is 11.9. The lowest BCUT2D eigenvalue weighted by Gasteiger charge is -2.17. The van der Waals surface area contributed by atoms with Crippen LogP contribution >= 0.6 is 11.6 Å². The Morgan fingerprint density at radius 3 is 2.24 bits per heavy atom. The number of amides is 2. The molecule has 0 unspecified atom stereocenters. The van der Waals surface area contributed by atoms with Gasteiger partial charge < -0.3 is 5.11 Å². The van der Waals surface area contributed by atoms with Gasteiger partial charge in [-0.2, -0.15) is 0 Å². The minimum Gasteiger partial charge on any atom is -0.392 e. The summed E-state index contributed by atoms with van der Waals surface area (Å²) < 4.78 is 14.1. The molecule has 0 atom stereocenters. The van der Waals surface area contributed by atoms with Gasteiger partial charge in [0.05, 0.1) is 12.3 Å². The van der Waals surface area contributed by atoms with Crippen LogP contribution in [0.3, 0.4) is 0 Å². The predicted molar refractivity (Wildman–Crippen MR) is 75.3 cm³/mol. The highest BCUT2D eigenvalue weighted by molar-refractivity contribution is 6.34. The van der Waals surface area contributed by atoms with E-state index in [9.17, 15) is 19.1 Å².